The Bertz CT molecular complexity index is 759. The Kier molecular flexibility index (Phi) is 7.06. The minimum atomic E-state index is 0.957. The van der Waals surface area contributed by atoms with E-state index in [4.69, 9.17) is 0 Å². The molecule has 0 saturated heterocycles. The summed E-state index contributed by atoms with van der Waals surface area (Å²) in [7, 11) is 0. The summed E-state index contributed by atoms with van der Waals surface area (Å²) >= 11 is 0. The molecule has 0 fully saturated rings. The fourth-order valence-corrected chi connectivity index (χ4v) is 3.51. The van der Waals surface area contributed by atoms with Crippen molar-refractivity contribution in [3.63, 3.8) is 0 Å². The molecule has 0 amide bonds. The summed E-state index contributed by atoms with van der Waals surface area (Å²) in [6, 6.07) is 21.5. The fourth-order valence-electron chi connectivity index (χ4n) is 3.51. The van der Waals surface area contributed by atoms with Gasteiger partial charge in [0, 0.05) is 0 Å². The number of aromatic nitrogens is 2. The van der Waals surface area contributed by atoms with E-state index in [9.17, 15) is 0 Å². The van der Waals surface area contributed by atoms with Crippen LogP contribution in [0.3, 0.4) is 0 Å². The Morgan fingerprint density at radius 1 is 0.769 bits per heavy atom. The number of imidazole rings is 1. The van der Waals surface area contributed by atoms with Crippen LogP contribution in [0.2, 0.25) is 0 Å². The Morgan fingerprint density at radius 3 is 2.15 bits per heavy atom. The number of hydrogen-bond donors (Lipinski definition) is 0. The molecule has 1 aromatic heterocycles. The highest BCUT2D eigenvalue weighted by Crippen LogP contribution is 2.14. The summed E-state index contributed by atoms with van der Waals surface area (Å²) in [5, 5.41) is 0. The van der Waals surface area contributed by atoms with Crippen molar-refractivity contribution in [2.24, 2.45) is 0 Å². The third-order valence-electron chi connectivity index (χ3n) is 5.00. The summed E-state index contributed by atoms with van der Waals surface area (Å²) in [6.45, 7) is 3.38. The molecule has 3 rings (SSSR count). The van der Waals surface area contributed by atoms with Gasteiger partial charge in [-0.15, -0.1) is 0 Å². The monoisotopic (exact) mass is 347 g/mol. The molecule has 0 atom stereocenters. The molecule has 0 N–H and O–H groups in total. The van der Waals surface area contributed by atoms with Crippen molar-refractivity contribution in [1.82, 2.24) is 4.57 Å². The van der Waals surface area contributed by atoms with Gasteiger partial charge in [-0.3, -0.25) is 0 Å². The van der Waals surface area contributed by atoms with E-state index in [-0.39, 0.29) is 0 Å². The third kappa shape index (κ3) is 5.08. The molecule has 0 spiro atoms. The highest BCUT2D eigenvalue weighted by Gasteiger charge is 2.18. The normalized spacial score (nSPS) is 11.0. The van der Waals surface area contributed by atoms with Crippen LogP contribution < -0.4 is 4.57 Å². The predicted octanol–water partition coefficient (Wildman–Crippen LogP) is 5.72. The lowest BCUT2D eigenvalue weighted by atomic mass is 10.1. The van der Waals surface area contributed by atoms with Gasteiger partial charge in [0.15, 0.2) is 0 Å². The first-order valence-corrected chi connectivity index (χ1v) is 10.1. The van der Waals surface area contributed by atoms with Crippen LogP contribution in [0.5, 0.6) is 0 Å². The average molecular weight is 348 g/mol. The van der Waals surface area contributed by atoms with Crippen molar-refractivity contribution >= 4 is 0 Å². The predicted molar refractivity (Wildman–Crippen MR) is 109 cm³/mol. The van der Waals surface area contributed by atoms with Gasteiger partial charge in [-0.25, -0.2) is 4.57 Å². The highest BCUT2D eigenvalue weighted by molar-refractivity contribution is 5.33. The molecule has 0 radical (unpaired) electrons. The maximum absolute atomic E-state index is 2.44. The number of hydrogen-bond acceptors (Lipinski definition) is 0. The van der Waals surface area contributed by atoms with Gasteiger partial charge in [-0.05, 0) is 30.5 Å². The van der Waals surface area contributed by atoms with E-state index in [1.165, 1.54) is 55.6 Å². The minimum absolute atomic E-state index is 0.957. The topological polar surface area (TPSA) is 8.81 Å². The van der Waals surface area contributed by atoms with Gasteiger partial charge in [0.05, 0.1) is 13.0 Å². The first-order chi connectivity index (χ1) is 12.9. The maximum atomic E-state index is 2.44. The highest BCUT2D eigenvalue weighted by atomic mass is 15.1. The third-order valence-corrected chi connectivity index (χ3v) is 5.00. The molecule has 2 nitrogen and oxygen atoms in total. The Hall–Kier alpha value is -2.35. The molecule has 2 aromatic carbocycles. The van der Waals surface area contributed by atoms with Gasteiger partial charge < -0.3 is 0 Å². The van der Waals surface area contributed by atoms with Crippen LogP contribution in [-0.4, -0.2) is 4.57 Å². The molecule has 0 unspecified atom stereocenters. The lowest BCUT2D eigenvalue weighted by molar-refractivity contribution is -0.703. The molecular formula is C24H31N2+. The second kappa shape index (κ2) is 9.96. The zero-order chi connectivity index (χ0) is 18.0. The van der Waals surface area contributed by atoms with E-state index in [1.54, 1.807) is 0 Å². The van der Waals surface area contributed by atoms with Crippen molar-refractivity contribution in [2.45, 2.75) is 58.4 Å². The van der Waals surface area contributed by atoms with E-state index < -0.39 is 0 Å². The molecular weight excluding hydrogens is 316 g/mol. The standard InChI is InChI=1S/C24H31N2/c1-2-3-4-5-6-13-18-25-19-20-26(23-16-11-8-12-17-23)24(25)21-22-14-9-7-10-15-22/h7-12,14-17,19-20H,2-6,13,18,21H2,1H3/q+1. The molecule has 0 aliphatic rings. The summed E-state index contributed by atoms with van der Waals surface area (Å²) in [6.07, 6.45) is 13.4. The van der Waals surface area contributed by atoms with Crippen LogP contribution in [0.15, 0.2) is 73.1 Å². The maximum Gasteiger partial charge on any atom is 0.266 e. The van der Waals surface area contributed by atoms with Crippen molar-refractivity contribution < 1.29 is 4.57 Å². The molecule has 2 heteroatoms. The summed E-state index contributed by atoms with van der Waals surface area (Å²) in [5.74, 6) is 1.36. The lowest BCUT2D eigenvalue weighted by Gasteiger charge is -2.06. The quantitative estimate of drug-likeness (QED) is 0.328. The van der Waals surface area contributed by atoms with E-state index in [0.29, 0.717) is 0 Å². The SMILES string of the molecule is CCCCCCCC[n+]1ccn(-c2ccccc2)c1Cc1ccccc1. The van der Waals surface area contributed by atoms with Crippen molar-refractivity contribution in [3.8, 4) is 5.69 Å². The van der Waals surface area contributed by atoms with Gasteiger partial charge in [0.1, 0.15) is 18.1 Å². The van der Waals surface area contributed by atoms with Crippen molar-refractivity contribution in [1.29, 1.82) is 0 Å². The zero-order valence-electron chi connectivity index (χ0n) is 16.0. The number of unbranched alkanes of at least 4 members (excludes halogenated alkanes) is 5. The number of aryl methyl sites for hydroxylation is 1. The van der Waals surface area contributed by atoms with E-state index in [1.807, 2.05) is 0 Å². The van der Waals surface area contributed by atoms with Crippen LogP contribution in [0.1, 0.15) is 56.8 Å². The van der Waals surface area contributed by atoms with Crippen LogP contribution in [0.4, 0.5) is 0 Å². The molecule has 136 valence electrons. The number of benzene rings is 2. The van der Waals surface area contributed by atoms with E-state index in [0.717, 1.165) is 13.0 Å². The first-order valence-electron chi connectivity index (χ1n) is 10.1. The minimum Gasteiger partial charge on any atom is -0.234 e. The van der Waals surface area contributed by atoms with Gasteiger partial charge in [-0.1, -0.05) is 81.1 Å². The van der Waals surface area contributed by atoms with Gasteiger partial charge >= 0.3 is 0 Å². The van der Waals surface area contributed by atoms with Gasteiger partial charge in [0.25, 0.3) is 5.82 Å². The lowest BCUT2D eigenvalue weighted by Crippen LogP contribution is -2.37. The average Bonchev–Trinajstić information content (AvgIpc) is 3.08. The molecule has 0 bridgehead atoms. The second-order valence-electron chi connectivity index (χ2n) is 7.04. The largest absolute Gasteiger partial charge is 0.266 e. The molecule has 0 saturated carbocycles. The Labute approximate surface area is 158 Å². The fraction of sp³-hybridized carbons (Fsp3) is 0.375. The molecule has 26 heavy (non-hydrogen) atoms. The summed E-state index contributed by atoms with van der Waals surface area (Å²) < 4.78 is 4.78. The van der Waals surface area contributed by atoms with Crippen LogP contribution in [-0.2, 0) is 13.0 Å². The molecule has 0 aliphatic carbocycles. The number of para-hydroxylation sites is 1. The van der Waals surface area contributed by atoms with Crippen LogP contribution >= 0.6 is 0 Å². The van der Waals surface area contributed by atoms with E-state index in [2.05, 4.69) is 89.1 Å². The second-order valence-corrected chi connectivity index (χ2v) is 7.04. The smallest absolute Gasteiger partial charge is 0.234 e. The first kappa shape index (κ1) is 18.4. The molecule has 3 aromatic rings. The molecule has 0 aliphatic heterocycles. The van der Waals surface area contributed by atoms with Crippen LogP contribution in [0, 0.1) is 0 Å². The van der Waals surface area contributed by atoms with Crippen molar-refractivity contribution in [2.75, 3.05) is 0 Å². The summed E-state index contributed by atoms with van der Waals surface area (Å²) in [5.41, 5.74) is 2.60. The Morgan fingerprint density at radius 2 is 1.42 bits per heavy atom. The van der Waals surface area contributed by atoms with E-state index >= 15 is 0 Å². The summed E-state index contributed by atoms with van der Waals surface area (Å²) in [4.78, 5) is 0. The number of nitrogens with zero attached hydrogens (tertiary/aromatic N) is 2. The van der Waals surface area contributed by atoms with Crippen LogP contribution in [0.25, 0.3) is 5.69 Å². The molecule has 1 heterocycles. The van der Waals surface area contributed by atoms with Gasteiger partial charge in [0.2, 0.25) is 0 Å². The van der Waals surface area contributed by atoms with Crippen molar-refractivity contribution in [3.05, 3.63) is 84.4 Å². The number of rotatable bonds is 10. The zero-order valence-corrected chi connectivity index (χ0v) is 16.0. The van der Waals surface area contributed by atoms with Gasteiger partial charge in [-0.2, -0.15) is 4.57 Å². The Balaban J connectivity index is 1.74.